The molecule has 1 aromatic rings. The molecule has 0 atom stereocenters. The first-order chi connectivity index (χ1) is 11.2. The van der Waals surface area contributed by atoms with Crippen molar-refractivity contribution in [3.8, 4) is 0 Å². The Labute approximate surface area is 143 Å². The summed E-state index contributed by atoms with van der Waals surface area (Å²) < 4.78 is 4.94. The number of halogens is 1. The van der Waals surface area contributed by atoms with Gasteiger partial charge in [-0.25, -0.2) is 4.79 Å². The number of urea groups is 1. The Hall–Kier alpha value is -1.30. The van der Waals surface area contributed by atoms with Gasteiger partial charge < -0.3 is 15.0 Å². The van der Waals surface area contributed by atoms with E-state index in [4.69, 9.17) is 16.3 Å². The van der Waals surface area contributed by atoms with Gasteiger partial charge in [-0.3, -0.25) is 4.90 Å². The highest BCUT2D eigenvalue weighted by atomic mass is 35.5. The summed E-state index contributed by atoms with van der Waals surface area (Å²) in [5.41, 5.74) is 1.32. The summed E-state index contributed by atoms with van der Waals surface area (Å²) in [6, 6.07) is 8.08. The normalized spacial score (nSPS) is 15.7. The molecule has 0 aromatic heterocycles. The molecule has 1 aliphatic rings. The Balaban J connectivity index is 1.61. The number of hydrogen-bond acceptors (Lipinski definition) is 3. The number of rotatable bonds is 7. The molecule has 2 amide bonds. The molecular formula is C17H26ClN3O2. The molecule has 128 valence electrons. The van der Waals surface area contributed by atoms with Crippen molar-refractivity contribution in [1.29, 1.82) is 0 Å². The van der Waals surface area contributed by atoms with Gasteiger partial charge in [0, 0.05) is 44.9 Å². The van der Waals surface area contributed by atoms with E-state index in [2.05, 4.69) is 22.3 Å². The zero-order valence-electron chi connectivity index (χ0n) is 13.8. The average molecular weight is 340 g/mol. The van der Waals surface area contributed by atoms with Crippen molar-refractivity contribution < 1.29 is 9.53 Å². The first-order valence-corrected chi connectivity index (χ1v) is 8.55. The molecule has 5 nitrogen and oxygen atoms in total. The van der Waals surface area contributed by atoms with Gasteiger partial charge in [0.25, 0.3) is 0 Å². The summed E-state index contributed by atoms with van der Waals surface area (Å²) in [7, 11) is 1.63. The van der Waals surface area contributed by atoms with Crippen LogP contribution in [-0.2, 0) is 11.2 Å². The summed E-state index contributed by atoms with van der Waals surface area (Å²) in [6.45, 7) is 5.66. The molecule has 0 radical (unpaired) electrons. The number of carbonyl (C=O) groups excluding carboxylic acids is 1. The largest absolute Gasteiger partial charge is 0.383 e. The Morgan fingerprint density at radius 3 is 2.57 bits per heavy atom. The number of aryl methyl sites for hydroxylation is 1. The smallest absolute Gasteiger partial charge is 0.317 e. The molecule has 1 saturated heterocycles. The van der Waals surface area contributed by atoms with Crippen LogP contribution < -0.4 is 5.32 Å². The molecule has 1 N–H and O–H groups in total. The first-order valence-electron chi connectivity index (χ1n) is 8.17. The summed E-state index contributed by atoms with van der Waals surface area (Å²) in [4.78, 5) is 16.2. The molecule has 1 aliphatic heterocycles. The van der Waals surface area contributed by atoms with Crippen molar-refractivity contribution in [2.45, 2.75) is 12.8 Å². The Morgan fingerprint density at radius 2 is 1.91 bits per heavy atom. The maximum absolute atomic E-state index is 11.9. The third-order valence-electron chi connectivity index (χ3n) is 4.09. The van der Waals surface area contributed by atoms with Crippen LogP contribution in [0.3, 0.4) is 0 Å². The number of ether oxygens (including phenoxy) is 1. The van der Waals surface area contributed by atoms with E-state index in [1.807, 2.05) is 17.0 Å². The number of nitrogens with one attached hydrogen (secondary N) is 1. The van der Waals surface area contributed by atoms with Gasteiger partial charge in [0.05, 0.1) is 6.61 Å². The number of amides is 2. The standard InChI is InChI=1S/C17H26ClN3O2/c1-23-14-8-19-17(22)21-12-10-20(11-13-21)9-2-3-15-4-6-16(18)7-5-15/h4-7H,2-3,8-14H2,1H3,(H,19,22). The maximum Gasteiger partial charge on any atom is 0.317 e. The van der Waals surface area contributed by atoms with Crippen LogP contribution in [-0.4, -0.2) is 68.8 Å². The Kier molecular flexibility index (Phi) is 7.65. The molecular weight excluding hydrogens is 314 g/mol. The van der Waals surface area contributed by atoms with Crippen LogP contribution in [0.15, 0.2) is 24.3 Å². The lowest BCUT2D eigenvalue weighted by Gasteiger charge is -2.34. The summed E-state index contributed by atoms with van der Waals surface area (Å²) in [5.74, 6) is 0. The van der Waals surface area contributed by atoms with Crippen molar-refractivity contribution in [3.05, 3.63) is 34.9 Å². The third kappa shape index (κ3) is 6.37. The van der Waals surface area contributed by atoms with Crippen LogP contribution >= 0.6 is 11.6 Å². The van der Waals surface area contributed by atoms with Gasteiger partial charge >= 0.3 is 6.03 Å². The van der Waals surface area contributed by atoms with Gasteiger partial charge in [0.1, 0.15) is 0 Å². The lowest BCUT2D eigenvalue weighted by Crippen LogP contribution is -2.52. The predicted molar refractivity (Wildman–Crippen MR) is 93.1 cm³/mol. The zero-order chi connectivity index (χ0) is 16.5. The van der Waals surface area contributed by atoms with E-state index in [9.17, 15) is 4.79 Å². The summed E-state index contributed by atoms with van der Waals surface area (Å²) in [5, 5.41) is 3.66. The fourth-order valence-corrected chi connectivity index (χ4v) is 2.83. The average Bonchev–Trinajstić information content (AvgIpc) is 2.57. The fourth-order valence-electron chi connectivity index (χ4n) is 2.70. The second-order valence-corrected chi connectivity index (χ2v) is 6.22. The highest BCUT2D eigenvalue weighted by molar-refractivity contribution is 6.30. The number of methoxy groups -OCH3 is 1. The topological polar surface area (TPSA) is 44.8 Å². The second-order valence-electron chi connectivity index (χ2n) is 5.78. The van der Waals surface area contributed by atoms with Crippen molar-refractivity contribution in [1.82, 2.24) is 15.1 Å². The molecule has 2 rings (SSSR count). The molecule has 0 saturated carbocycles. The summed E-state index contributed by atoms with van der Waals surface area (Å²) >= 11 is 5.89. The van der Waals surface area contributed by atoms with E-state index in [0.717, 1.165) is 50.6 Å². The minimum atomic E-state index is 0.0165. The fraction of sp³-hybridized carbons (Fsp3) is 0.588. The van der Waals surface area contributed by atoms with E-state index < -0.39 is 0 Å². The lowest BCUT2D eigenvalue weighted by atomic mass is 10.1. The van der Waals surface area contributed by atoms with Gasteiger partial charge in [-0.1, -0.05) is 23.7 Å². The Morgan fingerprint density at radius 1 is 1.22 bits per heavy atom. The van der Waals surface area contributed by atoms with Gasteiger partial charge in [-0.2, -0.15) is 0 Å². The van der Waals surface area contributed by atoms with E-state index in [1.165, 1.54) is 5.56 Å². The van der Waals surface area contributed by atoms with Gasteiger partial charge in [0.2, 0.25) is 0 Å². The predicted octanol–water partition coefficient (Wildman–Crippen LogP) is 2.25. The van der Waals surface area contributed by atoms with Crippen molar-refractivity contribution in [2.24, 2.45) is 0 Å². The number of hydrogen-bond donors (Lipinski definition) is 1. The van der Waals surface area contributed by atoms with Gasteiger partial charge in [-0.05, 0) is 37.1 Å². The van der Waals surface area contributed by atoms with Crippen LogP contribution in [0.2, 0.25) is 5.02 Å². The summed E-state index contributed by atoms with van der Waals surface area (Å²) in [6.07, 6.45) is 2.19. The Bertz CT molecular complexity index is 473. The van der Waals surface area contributed by atoms with Gasteiger partial charge in [-0.15, -0.1) is 0 Å². The molecule has 0 spiro atoms. The second kappa shape index (κ2) is 9.75. The SMILES string of the molecule is COCCNC(=O)N1CCN(CCCc2ccc(Cl)cc2)CC1. The molecule has 23 heavy (non-hydrogen) atoms. The number of nitrogens with zero attached hydrogens (tertiary/aromatic N) is 2. The van der Waals surface area contributed by atoms with Crippen LogP contribution in [0.4, 0.5) is 4.79 Å². The molecule has 1 fully saturated rings. The molecule has 0 unspecified atom stereocenters. The van der Waals surface area contributed by atoms with Crippen LogP contribution in [0, 0.1) is 0 Å². The number of carbonyl (C=O) groups is 1. The molecule has 0 bridgehead atoms. The lowest BCUT2D eigenvalue weighted by molar-refractivity contribution is 0.135. The first kappa shape index (κ1) is 18.0. The molecule has 0 aliphatic carbocycles. The quantitative estimate of drug-likeness (QED) is 0.775. The molecule has 1 aromatic carbocycles. The van der Waals surface area contributed by atoms with E-state index in [-0.39, 0.29) is 6.03 Å². The van der Waals surface area contributed by atoms with Crippen molar-refractivity contribution in [3.63, 3.8) is 0 Å². The third-order valence-corrected chi connectivity index (χ3v) is 4.35. The number of piperazine rings is 1. The zero-order valence-corrected chi connectivity index (χ0v) is 14.5. The molecule has 1 heterocycles. The maximum atomic E-state index is 11.9. The van der Waals surface area contributed by atoms with Gasteiger partial charge in [0.15, 0.2) is 0 Å². The number of benzene rings is 1. The highest BCUT2D eigenvalue weighted by Crippen LogP contribution is 2.11. The van der Waals surface area contributed by atoms with Crippen LogP contribution in [0.5, 0.6) is 0 Å². The van der Waals surface area contributed by atoms with Crippen molar-refractivity contribution >= 4 is 17.6 Å². The van der Waals surface area contributed by atoms with Crippen LogP contribution in [0.1, 0.15) is 12.0 Å². The minimum absolute atomic E-state index is 0.0165. The monoisotopic (exact) mass is 339 g/mol. The van der Waals surface area contributed by atoms with E-state index in [0.29, 0.717) is 13.2 Å². The van der Waals surface area contributed by atoms with E-state index in [1.54, 1.807) is 7.11 Å². The van der Waals surface area contributed by atoms with Crippen LogP contribution in [0.25, 0.3) is 0 Å². The highest BCUT2D eigenvalue weighted by Gasteiger charge is 2.20. The molecule has 6 heteroatoms. The van der Waals surface area contributed by atoms with E-state index >= 15 is 0 Å². The minimum Gasteiger partial charge on any atom is -0.383 e. The van der Waals surface area contributed by atoms with Crippen molar-refractivity contribution in [2.75, 3.05) is 53.0 Å².